The van der Waals surface area contributed by atoms with Crippen molar-refractivity contribution in [3.05, 3.63) is 0 Å². The third-order valence-corrected chi connectivity index (χ3v) is 5.12. The molecule has 92 valence electrons. The van der Waals surface area contributed by atoms with Crippen molar-refractivity contribution in [2.24, 2.45) is 23.7 Å². The minimum absolute atomic E-state index is 0.400. The van der Waals surface area contributed by atoms with Gasteiger partial charge in [-0.2, -0.15) is 0 Å². The van der Waals surface area contributed by atoms with Gasteiger partial charge in [0.05, 0.1) is 0 Å². The molecule has 2 saturated carbocycles. The first kappa shape index (κ1) is 12.1. The van der Waals surface area contributed by atoms with Crippen LogP contribution in [0.1, 0.15) is 64.7 Å². The Hall–Kier alpha value is -0.330. The van der Waals surface area contributed by atoms with Gasteiger partial charge in [0.15, 0.2) is 0 Å². The van der Waals surface area contributed by atoms with E-state index in [1.807, 2.05) is 0 Å². The van der Waals surface area contributed by atoms with Gasteiger partial charge in [0.1, 0.15) is 6.29 Å². The van der Waals surface area contributed by atoms with Gasteiger partial charge in [0.25, 0.3) is 0 Å². The predicted octanol–water partition coefficient (Wildman–Crippen LogP) is 4.21. The van der Waals surface area contributed by atoms with E-state index in [2.05, 4.69) is 6.92 Å². The highest BCUT2D eigenvalue weighted by atomic mass is 16.1. The van der Waals surface area contributed by atoms with E-state index in [4.69, 9.17) is 0 Å². The van der Waals surface area contributed by atoms with Gasteiger partial charge in [-0.05, 0) is 43.4 Å². The first-order valence-electron chi connectivity index (χ1n) is 7.30. The Labute approximate surface area is 100.0 Å². The minimum atomic E-state index is 0.400. The van der Waals surface area contributed by atoms with E-state index in [9.17, 15) is 4.79 Å². The standard InChI is InChI=1S/C15H26O/c1-2-12-7-9-13(10-8-12)15-6-4-3-5-14(15)11-16/h11-15H,2-10H2,1H3. The quantitative estimate of drug-likeness (QED) is 0.654. The van der Waals surface area contributed by atoms with Gasteiger partial charge < -0.3 is 4.79 Å². The number of carbonyl (C=O) groups is 1. The van der Waals surface area contributed by atoms with Gasteiger partial charge in [0.2, 0.25) is 0 Å². The maximum Gasteiger partial charge on any atom is 0.123 e. The topological polar surface area (TPSA) is 17.1 Å². The molecule has 0 heterocycles. The van der Waals surface area contributed by atoms with E-state index in [1.54, 1.807) is 0 Å². The molecule has 2 rings (SSSR count). The molecule has 2 aliphatic carbocycles. The van der Waals surface area contributed by atoms with Gasteiger partial charge in [-0.15, -0.1) is 0 Å². The molecular formula is C15H26O. The van der Waals surface area contributed by atoms with Crippen molar-refractivity contribution in [3.8, 4) is 0 Å². The fourth-order valence-electron chi connectivity index (χ4n) is 3.97. The van der Waals surface area contributed by atoms with E-state index in [0.717, 1.165) is 17.8 Å². The maximum absolute atomic E-state index is 11.1. The van der Waals surface area contributed by atoms with E-state index >= 15 is 0 Å². The van der Waals surface area contributed by atoms with E-state index in [-0.39, 0.29) is 0 Å². The van der Waals surface area contributed by atoms with Crippen LogP contribution in [0.25, 0.3) is 0 Å². The Morgan fingerprint density at radius 3 is 2.31 bits per heavy atom. The number of hydrogen-bond acceptors (Lipinski definition) is 1. The zero-order chi connectivity index (χ0) is 11.4. The van der Waals surface area contributed by atoms with Crippen molar-refractivity contribution in [1.82, 2.24) is 0 Å². The van der Waals surface area contributed by atoms with E-state index in [0.29, 0.717) is 5.92 Å². The molecule has 0 aromatic heterocycles. The van der Waals surface area contributed by atoms with Crippen molar-refractivity contribution in [3.63, 3.8) is 0 Å². The Bertz CT molecular complexity index is 215. The number of hydrogen-bond donors (Lipinski definition) is 0. The lowest BCUT2D eigenvalue weighted by Gasteiger charge is -2.38. The zero-order valence-electron chi connectivity index (χ0n) is 10.7. The van der Waals surface area contributed by atoms with Gasteiger partial charge in [-0.3, -0.25) is 0 Å². The first-order chi connectivity index (χ1) is 7.85. The summed E-state index contributed by atoms with van der Waals surface area (Å²) < 4.78 is 0. The van der Waals surface area contributed by atoms with Crippen LogP contribution >= 0.6 is 0 Å². The highest BCUT2D eigenvalue weighted by Gasteiger charge is 2.33. The molecular weight excluding hydrogens is 196 g/mol. The number of carbonyl (C=O) groups excluding carboxylic acids is 1. The maximum atomic E-state index is 11.1. The van der Waals surface area contributed by atoms with Crippen LogP contribution in [0.2, 0.25) is 0 Å². The average molecular weight is 222 g/mol. The summed E-state index contributed by atoms with van der Waals surface area (Å²) in [5.74, 6) is 2.99. The van der Waals surface area contributed by atoms with Crippen LogP contribution in [-0.4, -0.2) is 6.29 Å². The molecule has 0 spiro atoms. The Kier molecular flexibility index (Phi) is 4.43. The normalized spacial score (nSPS) is 40.6. The first-order valence-corrected chi connectivity index (χ1v) is 7.30. The van der Waals surface area contributed by atoms with Crippen LogP contribution < -0.4 is 0 Å². The van der Waals surface area contributed by atoms with Crippen LogP contribution in [0, 0.1) is 23.7 Å². The molecule has 0 aromatic carbocycles. The van der Waals surface area contributed by atoms with Crippen molar-refractivity contribution in [1.29, 1.82) is 0 Å². The Morgan fingerprint density at radius 1 is 1.00 bits per heavy atom. The van der Waals surface area contributed by atoms with Crippen LogP contribution in [0.4, 0.5) is 0 Å². The van der Waals surface area contributed by atoms with Gasteiger partial charge in [0, 0.05) is 5.92 Å². The molecule has 0 bridgehead atoms. The van der Waals surface area contributed by atoms with Crippen LogP contribution in [0.5, 0.6) is 0 Å². The molecule has 2 fully saturated rings. The Morgan fingerprint density at radius 2 is 1.69 bits per heavy atom. The van der Waals surface area contributed by atoms with Gasteiger partial charge in [-0.1, -0.05) is 39.0 Å². The molecule has 0 aromatic rings. The summed E-state index contributed by atoms with van der Waals surface area (Å²) in [6, 6.07) is 0. The summed E-state index contributed by atoms with van der Waals surface area (Å²) in [6.45, 7) is 2.32. The Balaban J connectivity index is 1.88. The molecule has 0 saturated heterocycles. The lowest BCUT2D eigenvalue weighted by atomic mass is 9.67. The summed E-state index contributed by atoms with van der Waals surface area (Å²) in [7, 11) is 0. The second-order valence-corrected chi connectivity index (χ2v) is 5.94. The lowest BCUT2D eigenvalue weighted by molar-refractivity contribution is -0.114. The van der Waals surface area contributed by atoms with Crippen LogP contribution in [0.15, 0.2) is 0 Å². The molecule has 16 heavy (non-hydrogen) atoms. The molecule has 1 nitrogen and oxygen atoms in total. The SMILES string of the molecule is CCC1CCC(C2CCCCC2C=O)CC1. The van der Waals surface area contributed by atoms with Gasteiger partial charge in [-0.25, -0.2) is 0 Å². The van der Waals surface area contributed by atoms with Crippen molar-refractivity contribution in [2.45, 2.75) is 64.7 Å². The van der Waals surface area contributed by atoms with E-state index in [1.165, 1.54) is 64.1 Å². The predicted molar refractivity (Wildman–Crippen MR) is 67.3 cm³/mol. The fourth-order valence-corrected chi connectivity index (χ4v) is 3.97. The lowest BCUT2D eigenvalue weighted by Crippen LogP contribution is -2.30. The molecule has 0 aliphatic heterocycles. The molecule has 1 heteroatoms. The molecule has 0 amide bonds. The third-order valence-electron chi connectivity index (χ3n) is 5.12. The molecule has 2 unspecified atom stereocenters. The largest absolute Gasteiger partial charge is 0.303 e. The molecule has 2 atom stereocenters. The second kappa shape index (κ2) is 5.84. The summed E-state index contributed by atoms with van der Waals surface area (Å²) in [5, 5.41) is 0. The van der Waals surface area contributed by atoms with Crippen molar-refractivity contribution >= 4 is 6.29 Å². The second-order valence-electron chi connectivity index (χ2n) is 5.94. The third kappa shape index (κ3) is 2.67. The number of rotatable bonds is 3. The smallest absolute Gasteiger partial charge is 0.123 e. The summed E-state index contributed by atoms with van der Waals surface area (Å²) in [4.78, 5) is 11.1. The van der Waals surface area contributed by atoms with Crippen LogP contribution in [0.3, 0.4) is 0 Å². The van der Waals surface area contributed by atoms with Crippen LogP contribution in [-0.2, 0) is 4.79 Å². The monoisotopic (exact) mass is 222 g/mol. The fraction of sp³-hybridized carbons (Fsp3) is 0.933. The molecule has 0 N–H and O–H groups in total. The summed E-state index contributed by atoms with van der Waals surface area (Å²) in [6.07, 6.45) is 13.4. The van der Waals surface area contributed by atoms with Gasteiger partial charge >= 0.3 is 0 Å². The molecule has 2 aliphatic rings. The summed E-state index contributed by atoms with van der Waals surface area (Å²) in [5.41, 5.74) is 0. The highest BCUT2D eigenvalue weighted by Crippen LogP contribution is 2.42. The number of aldehydes is 1. The minimum Gasteiger partial charge on any atom is -0.303 e. The van der Waals surface area contributed by atoms with E-state index < -0.39 is 0 Å². The summed E-state index contributed by atoms with van der Waals surface area (Å²) >= 11 is 0. The molecule has 0 radical (unpaired) electrons. The highest BCUT2D eigenvalue weighted by molar-refractivity contribution is 5.54. The zero-order valence-corrected chi connectivity index (χ0v) is 10.7. The van der Waals surface area contributed by atoms with Crippen molar-refractivity contribution in [2.75, 3.05) is 0 Å². The van der Waals surface area contributed by atoms with Crippen molar-refractivity contribution < 1.29 is 4.79 Å². The average Bonchev–Trinajstić information content (AvgIpc) is 2.39.